The molecular formula is C12H23NO. The highest BCUT2D eigenvalue weighted by Gasteiger charge is 2.47. The van der Waals surface area contributed by atoms with E-state index in [2.05, 4.69) is 25.7 Å². The average molecular weight is 197 g/mol. The first-order valence-electron chi connectivity index (χ1n) is 6.02. The molecule has 2 rings (SSSR count). The van der Waals surface area contributed by atoms with Crippen LogP contribution < -0.4 is 0 Å². The van der Waals surface area contributed by atoms with Crippen LogP contribution in [0.3, 0.4) is 0 Å². The normalized spacial score (nSPS) is 38.1. The lowest BCUT2D eigenvalue weighted by atomic mass is 9.95. The van der Waals surface area contributed by atoms with Gasteiger partial charge in [-0.1, -0.05) is 0 Å². The van der Waals surface area contributed by atoms with E-state index in [0.29, 0.717) is 11.6 Å². The Morgan fingerprint density at radius 3 is 2.93 bits per heavy atom. The van der Waals surface area contributed by atoms with Gasteiger partial charge in [-0.2, -0.15) is 0 Å². The van der Waals surface area contributed by atoms with Crippen molar-refractivity contribution in [1.29, 1.82) is 0 Å². The Morgan fingerprint density at radius 1 is 1.43 bits per heavy atom. The van der Waals surface area contributed by atoms with Gasteiger partial charge in [0.25, 0.3) is 0 Å². The van der Waals surface area contributed by atoms with Gasteiger partial charge in [-0.25, -0.2) is 0 Å². The Labute approximate surface area is 87.6 Å². The molecule has 0 spiro atoms. The van der Waals surface area contributed by atoms with E-state index in [0.717, 1.165) is 12.6 Å². The van der Waals surface area contributed by atoms with Crippen molar-refractivity contribution in [3.8, 4) is 0 Å². The molecule has 14 heavy (non-hydrogen) atoms. The molecule has 0 amide bonds. The minimum absolute atomic E-state index is 0.378. The van der Waals surface area contributed by atoms with E-state index >= 15 is 0 Å². The number of ether oxygens (including phenoxy) is 1. The zero-order valence-electron chi connectivity index (χ0n) is 9.75. The zero-order valence-corrected chi connectivity index (χ0v) is 9.75. The van der Waals surface area contributed by atoms with Crippen molar-refractivity contribution in [3.63, 3.8) is 0 Å². The summed E-state index contributed by atoms with van der Waals surface area (Å²) in [5.74, 6) is 0. The highest BCUT2D eigenvalue weighted by molar-refractivity contribution is 5.03. The van der Waals surface area contributed by atoms with E-state index in [-0.39, 0.29) is 0 Å². The van der Waals surface area contributed by atoms with Gasteiger partial charge in [-0.05, 0) is 53.0 Å². The molecule has 0 aromatic carbocycles. The van der Waals surface area contributed by atoms with E-state index in [1.165, 1.54) is 32.2 Å². The molecule has 0 radical (unpaired) electrons. The Bertz CT molecular complexity index is 204. The molecule has 0 N–H and O–H groups in total. The van der Waals surface area contributed by atoms with Gasteiger partial charge in [0.05, 0.1) is 12.7 Å². The van der Waals surface area contributed by atoms with Crippen LogP contribution >= 0.6 is 0 Å². The van der Waals surface area contributed by atoms with Crippen LogP contribution in [0.25, 0.3) is 0 Å². The first-order chi connectivity index (χ1) is 6.64. The summed E-state index contributed by atoms with van der Waals surface area (Å²) >= 11 is 0. The molecule has 2 atom stereocenters. The Kier molecular flexibility index (Phi) is 2.85. The second-order valence-corrected chi connectivity index (χ2v) is 5.27. The van der Waals surface area contributed by atoms with Gasteiger partial charge in [0.1, 0.15) is 0 Å². The molecule has 2 saturated heterocycles. The second kappa shape index (κ2) is 3.82. The number of hydrogen-bond donors (Lipinski definition) is 0. The van der Waals surface area contributed by atoms with Crippen molar-refractivity contribution < 1.29 is 4.74 Å². The van der Waals surface area contributed by atoms with Crippen LogP contribution in [0.2, 0.25) is 0 Å². The van der Waals surface area contributed by atoms with Crippen LogP contribution in [0.4, 0.5) is 0 Å². The smallest absolute Gasteiger partial charge is 0.0654 e. The predicted molar refractivity (Wildman–Crippen MR) is 58.5 cm³/mol. The fourth-order valence-corrected chi connectivity index (χ4v) is 3.10. The lowest BCUT2D eigenvalue weighted by Crippen LogP contribution is -2.45. The topological polar surface area (TPSA) is 12.5 Å². The highest BCUT2D eigenvalue weighted by Crippen LogP contribution is 2.42. The summed E-state index contributed by atoms with van der Waals surface area (Å²) in [4.78, 5) is 2.69. The summed E-state index contributed by atoms with van der Waals surface area (Å²) in [6.07, 6.45) is 5.81. The third kappa shape index (κ3) is 1.70. The third-order valence-electron chi connectivity index (χ3n) is 3.90. The lowest BCUT2D eigenvalue weighted by molar-refractivity contribution is -0.00353. The van der Waals surface area contributed by atoms with Crippen molar-refractivity contribution in [2.45, 2.75) is 64.1 Å². The minimum Gasteiger partial charge on any atom is -0.377 e. The monoisotopic (exact) mass is 197 g/mol. The molecule has 0 aliphatic carbocycles. The molecule has 0 saturated carbocycles. The summed E-state index contributed by atoms with van der Waals surface area (Å²) in [5.41, 5.74) is 0.420. The lowest BCUT2D eigenvalue weighted by Gasteiger charge is -2.34. The third-order valence-corrected chi connectivity index (χ3v) is 3.90. The van der Waals surface area contributed by atoms with Gasteiger partial charge in [-0.3, -0.25) is 4.90 Å². The summed E-state index contributed by atoms with van der Waals surface area (Å²) < 4.78 is 5.84. The average Bonchev–Trinajstić information content (AvgIpc) is 2.65. The van der Waals surface area contributed by atoms with E-state index in [4.69, 9.17) is 4.74 Å². The molecule has 0 aromatic heterocycles. The zero-order chi connectivity index (χ0) is 10.2. The fourth-order valence-electron chi connectivity index (χ4n) is 3.10. The number of fused-ring (bicyclic) bond motifs is 1. The molecule has 0 aromatic rings. The van der Waals surface area contributed by atoms with Crippen molar-refractivity contribution in [2.24, 2.45) is 0 Å². The second-order valence-electron chi connectivity index (χ2n) is 5.27. The maximum atomic E-state index is 5.84. The van der Waals surface area contributed by atoms with Gasteiger partial charge in [0.15, 0.2) is 0 Å². The van der Waals surface area contributed by atoms with Crippen LogP contribution in [0, 0.1) is 0 Å². The number of rotatable bonds is 3. The maximum absolute atomic E-state index is 5.84. The first kappa shape index (κ1) is 10.4. The molecule has 2 fully saturated rings. The van der Waals surface area contributed by atoms with Gasteiger partial charge >= 0.3 is 0 Å². The van der Waals surface area contributed by atoms with Crippen molar-refractivity contribution in [2.75, 3.05) is 13.2 Å². The van der Waals surface area contributed by atoms with Gasteiger partial charge in [0.2, 0.25) is 0 Å². The van der Waals surface area contributed by atoms with Crippen LogP contribution in [0.1, 0.15) is 46.5 Å². The van der Waals surface area contributed by atoms with E-state index < -0.39 is 0 Å². The maximum Gasteiger partial charge on any atom is 0.0654 e. The quantitative estimate of drug-likeness (QED) is 0.689. The largest absolute Gasteiger partial charge is 0.377 e. The minimum atomic E-state index is 0.378. The highest BCUT2D eigenvalue weighted by atomic mass is 16.5. The van der Waals surface area contributed by atoms with Crippen LogP contribution in [0.15, 0.2) is 0 Å². The van der Waals surface area contributed by atoms with Crippen LogP contribution in [-0.2, 0) is 4.74 Å². The van der Waals surface area contributed by atoms with Crippen molar-refractivity contribution in [3.05, 3.63) is 0 Å². The molecule has 0 unspecified atom stereocenters. The van der Waals surface area contributed by atoms with Crippen LogP contribution in [0.5, 0.6) is 0 Å². The van der Waals surface area contributed by atoms with E-state index in [1.54, 1.807) is 0 Å². The summed E-state index contributed by atoms with van der Waals surface area (Å²) in [5, 5.41) is 0. The van der Waals surface area contributed by atoms with Crippen molar-refractivity contribution in [1.82, 2.24) is 4.90 Å². The van der Waals surface area contributed by atoms with Crippen LogP contribution in [-0.4, -0.2) is 35.7 Å². The van der Waals surface area contributed by atoms with Gasteiger partial charge in [-0.15, -0.1) is 0 Å². The Balaban J connectivity index is 1.99. The Hall–Kier alpha value is -0.0800. The predicted octanol–water partition coefficient (Wildman–Crippen LogP) is 2.43. The summed E-state index contributed by atoms with van der Waals surface area (Å²) in [6, 6.07) is 0.785. The summed E-state index contributed by atoms with van der Waals surface area (Å²) in [6.45, 7) is 8.88. The molecule has 82 valence electrons. The molecule has 2 nitrogen and oxygen atoms in total. The first-order valence-corrected chi connectivity index (χ1v) is 6.02. The molecule has 2 heteroatoms. The number of hydrogen-bond acceptors (Lipinski definition) is 2. The van der Waals surface area contributed by atoms with E-state index in [1.807, 2.05) is 0 Å². The molecular weight excluding hydrogens is 174 g/mol. The van der Waals surface area contributed by atoms with E-state index in [9.17, 15) is 0 Å². The van der Waals surface area contributed by atoms with Gasteiger partial charge in [0, 0.05) is 11.6 Å². The molecule has 2 aliphatic heterocycles. The Morgan fingerprint density at radius 2 is 2.21 bits per heavy atom. The van der Waals surface area contributed by atoms with Crippen molar-refractivity contribution >= 4 is 0 Å². The number of nitrogens with zero attached hydrogens (tertiary/aromatic N) is 1. The molecule has 2 heterocycles. The SMILES string of the molecule is CC(C)OC[C@]12CCCN1[C@@H](C)CC2. The molecule has 2 aliphatic rings. The fraction of sp³-hybridized carbons (Fsp3) is 1.00. The van der Waals surface area contributed by atoms with Gasteiger partial charge < -0.3 is 4.74 Å². The summed E-state index contributed by atoms with van der Waals surface area (Å²) in [7, 11) is 0. The molecule has 0 bridgehead atoms. The standard InChI is InChI=1S/C12H23NO/c1-10(2)14-9-12-6-4-8-13(12)11(3)5-7-12/h10-11H,4-9H2,1-3H3/t11-,12+/m0/s1.